The average molecular weight is 265 g/mol. The van der Waals surface area contributed by atoms with Gasteiger partial charge in [-0.15, -0.1) is 0 Å². The first-order chi connectivity index (χ1) is 9.15. The Morgan fingerprint density at radius 3 is 2.79 bits per heavy atom. The van der Waals surface area contributed by atoms with E-state index in [4.69, 9.17) is 9.47 Å². The van der Waals surface area contributed by atoms with Crippen LogP contribution in [0.5, 0.6) is 11.5 Å². The molecule has 1 amide bonds. The van der Waals surface area contributed by atoms with E-state index >= 15 is 0 Å². The van der Waals surface area contributed by atoms with Crippen LogP contribution in [0.3, 0.4) is 0 Å². The lowest BCUT2D eigenvalue weighted by Crippen LogP contribution is -2.38. The van der Waals surface area contributed by atoms with E-state index < -0.39 is 11.9 Å². The fraction of sp³-hybridized carbons (Fsp3) is 0.385. The number of ether oxygens (including phenoxy) is 3. The van der Waals surface area contributed by atoms with E-state index in [2.05, 4.69) is 4.74 Å². The summed E-state index contributed by atoms with van der Waals surface area (Å²) in [6.45, 7) is 0.966. The Hall–Kier alpha value is -2.24. The van der Waals surface area contributed by atoms with Crippen LogP contribution < -0.4 is 9.47 Å². The van der Waals surface area contributed by atoms with Crippen LogP contribution >= 0.6 is 0 Å². The molecule has 0 aromatic heterocycles. The summed E-state index contributed by atoms with van der Waals surface area (Å²) in [5.41, 5.74) is 0.800. The predicted octanol–water partition coefficient (Wildman–Crippen LogP) is 0.589. The van der Waals surface area contributed by atoms with Crippen LogP contribution in [-0.2, 0) is 20.9 Å². The quantitative estimate of drug-likeness (QED) is 0.549. The molecule has 1 heterocycles. The highest BCUT2D eigenvalue weighted by molar-refractivity contribution is 6.32. The van der Waals surface area contributed by atoms with Gasteiger partial charge in [-0.1, -0.05) is 0 Å². The van der Waals surface area contributed by atoms with Crippen LogP contribution in [0.1, 0.15) is 5.56 Å². The van der Waals surface area contributed by atoms with Crippen LogP contribution in [0.25, 0.3) is 0 Å². The van der Waals surface area contributed by atoms with Crippen molar-refractivity contribution in [3.63, 3.8) is 0 Å². The first-order valence-corrected chi connectivity index (χ1v) is 5.82. The predicted molar refractivity (Wildman–Crippen MR) is 65.9 cm³/mol. The van der Waals surface area contributed by atoms with Crippen molar-refractivity contribution in [1.29, 1.82) is 0 Å². The van der Waals surface area contributed by atoms with Gasteiger partial charge in [-0.25, -0.2) is 4.79 Å². The fourth-order valence-corrected chi connectivity index (χ4v) is 1.89. The molecule has 1 aliphatic heterocycles. The van der Waals surface area contributed by atoms with Gasteiger partial charge >= 0.3 is 11.9 Å². The van der Waals surface area contributed by atoms with Crippen LogP contribution in [0.2, 0.25) is 0 Å². The Balaban J connectivity index is 2.23. The monoisotopic (exact) mass is 265 g/mol. The topological polar surface area (TPSA) is 65.1 Å². The van der Waals surface area contributed by atoms with Gasteiger partial charge in [-0.05, 0) is 18.2 Å². The Morgan fingerprint density at radius 2 is 2.11 bits per heavy atom. The second kappa shape index (κ2) is 5.60. The summed E-state index contributed by atoms with van der Waals surface area (Å²) in [4.78, 5) is 24.5. The highest BCUT2D eigenvalue weighted by Gasteiger charge is 2.25. The number of hydrogen-bond donors (Lipinski definition) is 0. The van der Waals surface area contributed by atoms with Crippen molar-refractivity contribution in [3.05, 3.63) is 23.8 Å². The molecule has 19 heavy (non-hydrogen) atoms. The van der Waals surface area contributed by atoms with Crippen LogP contribution in [0.15, 0.2) is 18.2 Å². The first-order valence-electron chi connectivity index (χ1n) is 5.82. The molecule has 0 bridgehead atoms. The minimum Gasteiger partial charge on any atom is -0.497 e. The summed E-state index contributed by atoms with van der Waals surface area (Å²) in [6.07, 6.45) is 0. The molecular formula is C13H15NO5. The van der Waals surface area contributed by atoms with E-state index in [1.54, 1.807) is 25.3 Å². The van der Waals surface area contributed by atoms with Crippen molar-refractivity contribution in [3.8, 4) is 11.5 Å². The molecule has 1 aromatic carbocycles. The molecule has 1 aromatic rings. The Labute approximate surface area is 110 Å². The van der Waals surface area contributed by atoms with Crippen molar-refractivity contribution >= 4 is 11.9 Å². The molecule has 0 atom stereocenters. The molecule has 0 saturated heterocycles. The largest absolute Gasteiger partial charge is 0.497 e. The summed E-state index contributed by atoms with van der Waals surface area (Å²) in [5, 5.41) is 0. The van der Waals surface area contributed by atoms with Gasteiger partial charge < -0.3 is 19.1 Å². The number of carbonyl (C=O) groups excluding carboxylic acids is 2. The van der Waals surface area contributed by atoms with Crippen molar-refractivity contribution in [2.45, 2.75) is 6.54 Å². The van der Waals surface area contributed by atoms with E-state index in [0.717, 1.165) is 5.56 Å². The molecule has 0 aliphatic carbocycles. The zero-order valence-corrected chi connectivity index (χ0v) is 10.8. The first kappa shape index (κ1) is 13.2. The average Bonchev–Trinajstić information content (AvgIpc) is 2.66. The highest BCUT2D eigenvalue weighted by atomic mass is 16.5. The standard InChI is InChI=1S/C13H15NO5/c1-17-10-3-4-11-9(7-10)8-14(5-6-19-11)12(15)13(16)18-2/h3-4,7H,5-6,8H2,1-2H3. The number of amides is 1. The van der Waals surface area contributed by atoms with Crippen LogP contribution in [-0.4, -0.2) is 44.1 Å². The Kier molecular flexibility index (Phi) is 3.89. The smallest absolute Gasteiger partial charge is 0.396 e. The summed E-state index contributed by atoms with van der Waals surface area (Å²) >= 11 is 0. The maximum atomic E-state index is 11.8. The second-order valence-electron chi connectivity index (χ2n) is 4.04. The molecular weight excluding hydrogens is 250 g/mol. The minimum absolute atomic E-state index is 0.292. The summed E-state index contributed by atoms with van der Waals surface area (Å²) in [5.74, 6) is -0.163. The number of hydrogen-bond acceptors (Lipinski definition) is 5. The van der Waals surface area contributed by atoms with E-state index in [9.17, 15) is 9.59 Å². The second-order valence-corrected chi connectivity index (χ2v) is 4.04. The maximum Gasteiger partial charge on any atom is 0.396 e. The van der Waals surface area contributed by atoms with Gasteiger partial charge in [0.2, 0.25) is 0 Å². The van der Waals surface area contributed by atoms with E-state index in [-0.39, 0.29) is 0 Å². The zero-order chi connectivity index (χ0) is 13.8. The van der Waals surface area contributed by atoms with Crippen molar-refractivity contribution in [2.24, 2.45) is 0 Å². The summed E-state index contributed by atoms with van der Waals surface area (Å²) in [7, 11) is 2.75. The van der Waals surface area contributed by atoms with E-state index in [1.807, 2.05) is 0 Å². The molecule has 0 unspecified atom stereocenters. The van der Waals surface area contributed by atoms with E-state index in [1.165, 1.54) is 12.0 Å². The van der Waals surface area contributed by atoms with Crippen molar-refractivity contribution < 1.29 is 23.8 Å². The third-order valence-electron chi connectivity index (χ3n) is 2.89. The SMILES string of the molecule is COC(=O)C(=O)N1CCOc2ccc(OC)cc2C1. The van der Waals surface area contributed by atoms with Gasteiger partial charge in [0, 0.05) is 5.56 Å². The molecule has 1 aliphatic rings. The molecule has 2 rings (SSSR count). The summed E-state index contributed by atoms with van der Waals surface area (Å²) in [6, 6.07) is 5.37. The molecule has 6 heteroatoms. The number of nitrogens with zero attached hydrogens (tertiary/aromatic N) is 1. The number of benzene rings is 1. The molecule has 6 nitrogen and oxygen atoms in total. The van der Waals surface area contributed by atoms with Crippen molar-refractivity contribution in [2.75, 3.05) is 27.4 Å². The number of fused-ring (bicyclic) bond motifs is 1. The van der Waals surface area contributed by atoms with Gasteiger partial charge in [0.25, 0.3) is 0 Å². The lowest BCUT2D eigenvalue weighted by atomic mass is 10.2. The van der Waals surface area contributed by atoms with Gasteiger partial charge in [0.05, 0.1) is 27.3 Å². The van der Waals surface area contributed by atoms with E-state index in [0.29, 0.717) is 31.2 Å². The van der Waals surface area contributed by atoms with Crippen LogP contribution in [0, 0.1) is 0 Å². The molecule has 0 fully saturated rings. The molecule has 0 spiro atoms. The highest BCUT2D eigenvalue weighted by Crippen LogP contribution is 2.27. The Morgan fingerprint density at radius 1 is 1.32 bits per heavy atom. The van der Waals surface area contributed by atoms with Crippen LogP contribution in [0.4, 0.5) is 0 Å². The van der Waals surface area contributed by atoms with Gasteiger partial charge in [-0.2, -0.15) is 0 Å². The molecule has 0 N–H and O–H groups in total. The number of methoxy groups -OCH3 is 2. The Bertz CT molecular complexity index is 500. The number of carbonyl (C=O) groups is 2. The van der Waals surface area contributed by atoms with Crippen molar-refractivity contribution in [1.82, 2.24) is 4.90 Å². The molecule has 0 radical (unpaired) electrons. The summed E-state index contributed by atoms with van der Waals surface area (Å²) < 4.78 is 15.1. The zero-order valence-electron chi connectivity index (χ0n) is 10.8. The lowest BCUT2D eigenvalue weighted by Gasteiger charge is -2.18. The third-order valence-corrected chi connectivity index (χ3v) is 2.89. The van der Waals surface area contributed by atoms with Gasteiger partial charge in [0.1, 0.15) is 18.1 Å². The fourth-order valence-electron chi connectivity index (χ4n) is 1.89. The van der Waals surface area contributed by atoms with Gasteiger partial charge in [0.15, 0.2) is 0 Å². The number of rotatable bonds is 1. The normalized spacial score (nSPS) is 13.9. The molecule has 0 saturated carbocycles. The molecule has 102 valence electrons. The lowest BCUT2D eigenvalue weighted by molar-refractivity contribution is -0.158. The third kappa shape index (κ3) is 2.78. The minimum atomic E-state index is -0.869. The number of esters is 1. The maximum absolute atomic E-state index is 11.8. The van der Waals surface area contributed by atoms with Gasteiger partial charge in [-0.3, -0.25) is 4.79 Å².